The van der Waals surface area contributed by atoms with E-state index in [4.69, 9.17) is 9.26 Å². The first-order valence-corrected chi connectivity index (χ1v) is 7.06. The molecular formula is C15H19N3O2. The maximum Gasteiger partial charge on any atom is 0.264 e. The van der Waals surface area contributed by atoms with E-state index in [9.17, 15) is 0 Å². The average Bonchev–Trinajstić information content (AvgIpc) is 3.11. The van der Waals surface area contributed by atoms with E-state index >= 15 is 0 Å². The highest BCUT2D eigenvalue weighted by Gasteiger charge is 2.12. The minimum absolute atomic E-state index is 0.325. The highest BCUT2D eigenvalue weighted by Crippen LogP contribution is 2.26. The first-order valence-electron chi connectivity index (χ1n) is 7.06. The fourth-order valence-electron chi connectivity index (χ4n) is 2.47. The molecule has 0 fully saturated rings. The van der Waals surface area contributed by atoms with Crippen LogP contribution in [0.15, 0.2) is 22.7 Å². The predicted octanol–water partition coefficient (Wildman–Crippen LogP) is 1.90. The molecule has 0 radical (unpaired) electrons. The van der Waals surface area contributed by atoms with Crippen molar-refractivity contribution in [2.75, 3.05) is 13.6 Å². The van der Waals surface area contributed by atoms with E-state index in [0.29, 0.717) is 18.3 Å². The van der Waals surface area contributed by atoms with Crippen LogP contribution in [0.3, 0.4) is 0 Å². The van der Waals surface area contributed by atoms with Gasteiger partial charge in [-0.1, -0.05) is 11.2 Å². The Labute approximate surface area is 118 Å². The second kappa shape index (κ2) is 6.05. The van der Waals surface area contributed by atoms with Gasteiger partial charge in [0.15, 0.2) is 12.4 Å². The maximum absolute atomic E-state index is 5.72. The van der Waals surface area contributed by atoms with E-state index in [2.05, 4.69) is 27.6 Å². The molecule has 5 heteroatoms. The molecule has 0 amide bonds. The quantitative estimate of drug-likeness (QED) is 0.871. The molecule has 0 saturated carbocycles. The number of ether oxygens (including phenoxy) is 1. The lowest BCUT2D eigenvalue weighted by molar-refractivity contribution is 0.242. The Morgan fingerprint density at radius 3 is 3.10 bits per heavy atom. The molecule has 1 aliphatic rings. The fraction of sp³-hybridized carbons (Fsp3) is 0.467. The molecule has 1 aliphatic carbocycles. The standard InChI is InChI=1S/C15H19N3O2/c1-16-8-7-14-17-15(20-18-14)10-19-13-6-5-11-3-2-4-12(11)9-13/h5-6,9,16H,2-4,7-8,10H2,1H3. The minimum atomic E-state index is 0.325. The SMILES string of the molecule is CNCCc1noc(COc2ccc3c(c2)CCC3)n1. The van der Waals surface area contributed by atoms with E-state index in [1.54, 1.807) is 0 Å². The van der Waals surface area contributed by atoms with E-state index in [-0.39, 0.29) is 0 Å². The van der Waals surface area contributed by atoms with Crippen LogP contribution in [0.25, 0.3) is 0 Å². The predicted molar refractivity (Wildman–Crippen MR) is 74.7 cm³/mol. The number of fused-ring (bicyclic) bond motifs is 1. The number of likely N-dealkylation sites (N-methyl/N-ethyl adjacent to an activating group) is 1. The summed E-state index contributed by atoms with van der Waals surface area (Å²) in [5.74, 6) is 2.11. The number of benzene rings is 1. The third-order valence-electron chi connectivity index (χ3n) is 3.54. The molecule has 20 heavy (non-hydrogen) atoms. The van der Waals surface area contributed by atoms with Gasteiger partial charge in [-0.15, -0.1) is 0 Å². The minimum Gasteiger partial charge on any atom is -0.484 e. The number of aryl methyl sites for hydroxylation is 2. The number of nitrogens with one attached hydrogen (secondary N) is 1. The van der Waals surface area contributed by atoms with E-state index in [1.165, 1.54) is 24.0 Å². The largest absolute Gasteiger partial charge is 0.484 e. The highest BCUT2D eigenvalue weighted by molar-refractivity contribution is 5.38. The van der Waals surface area contributed by atoms with Gasteiger partial charge in [0.2, 0.25) is 0 Å². The van der Waals surface area contributed by atoms with Gasteiger partial charge in [-0.25, -0.2) is 0 Å². The van der Waals surface area contributed by atoms with Crippen LogP contribution in [-0.4, -0.2) is 23.7 Å². The molecule has 5 nitrogen and oxygen atoms in total. The molecule has 0 aliphatic heterocycles. The number of rotatable bonds is 6. The fourth-order valence-corrected chi connectivity index (χ4v) is 2.47. The smallest absolute Gasteiger partial charge is 0.264 e. The first-order chi connectivity index (χ1) is 9.85. The zero-order valence-electron chi connectivity index (χ0n) is 11.7. The lowest BCUT2D eigenvalue weighted by Gasteiger charge is -2.05. The molecule has 1 heterocycles. The number of nitrogens with zero attached hydrogens (tertiary/aromatic N) is 2. The summed E-state index contributed by atoms with van der Waals surface area (Å²) in [5, 5.41) is 6.97. The molecular weight excluding hydrogens is 254 g/mol. The molecule has 106 valence electrons. The lowest BCUT2D eigenvalue weighted by atomic mass is 10.1. The number of aromatic nitrogens is 2. The Kier molecular flexibility index (Phi) is 3.97. The van der Waals surface area contributed by atoms with E-state index < -0.39 is 0 Å². The molecule has 0 bridgehead atoms. The van der Waals surface area contributed by atoms with Crippen LogP contribution in [0.2, 0.25) is 0 Å². The van der Waals surface area contributed by atoms with Gasteiger partial charge in [0.05, 0.1) is 0 Å². The van der Waals surface area contributed by atoms with Crippen molar-refractivity contribution in [2.24, 2.45) is 0 Å². The van der Waals surface area contributed by atoms with Gasteiger partial charge in [-0.3, -0.25) is 0 Å². The Morgan fingerprint density at radius 1 is 1.30 bits per heavy atom. The van der Waals surface area contributed by atoms with Crippen LogP contribution >= 0.6 is 0 Å². The van der Waals surface area contributed by atoms with Crippen LogP contribution in [0.4, 0.5) is 0 Å². The van der Waals surface area contributed by atoms with Gasteiger partial charge in [-0.2, -0.15) is 4.98 Å². The van der Waals surface area contributed by atoms with Gasteiger partial charge in [0.25, 0.3) is 5.89 Å². The van der Waals surface area contributed by atoms with Crippen LogP contribution in [0.5, 0.6) is 5.75 Å². The summed E-state index contributed by atoms with van der Waals surface area (Å²) >= 11 is 0. The van der Waals surface area contributed by atoms with Gasteiger partial charge in [0, 0.05) is 13.0 Å². The summed E-state index contributed by atoms with van der Waals surface area (Å²) in [6.07, 6.45) is 4.35. The van der Waals surface area contributed by atoms with Crippen molar-refractivity contribution in [3.05, 3.63) is 41.0 Å². The molecule has 0 saturated heterocycles. The normalized spacial score (nSPS) is 13.4. The Morgan fingerprint density at radius 2 is 2.20 bits per heavy atom. The summed E-state index contributed by atoms with van der Waals surface area (Å²) in [4.78, 5) is 4.29. The van der Waals surface area contributed by atoms with Crippen LogP contribution in [0.1, 0.15) is 29.3 Å². The van der Waals surface area contributed by atoms with Crippen LogP contribution in [-0.2, 0) is 25.9 Å². The zero-order chi connectivity index (χ0) is 13.8. The van der Waals surface area contributed by atoms with Crippen molar-refractivity contribution >= 4 is 0 Å². The van der Waals surface area contributed by atoms with Gasteiger partial charge >= 0.3 is 0 Å². The molecule has 2 aromatic rings. The zero-order valence-corrected chi connectivity index (χ0v) is 11.7. The van der Waals surface area contributed by atoms with Crippen molar-refractivity contribution < 1.29 is 9.26 Å². The van der Waals surface area contributed by atoms with Crippen molar-refractivity contribution in [2.45, 2.75) is 32.3 Å². The van der Waals surface area contributed by atoms with Crippen LogP contribution in [0, 0.1) is 0 Å². The topological polar surface area (TPSA) is 60.2 Å². The summed E-state index contributed by atoms with van der Waals surface area (Å²) in [7, 11) is 1.90. The molecule has 0 unspecified atom stereocenters. The first kappa shape index (κ1) is 13.1. The van der Waals surface area contributed by atoms with Crippen molar-refractivity contribution in [1.82, 2.24) is 15.5 Å². The van der Waals surface area contributed by atoms with E-state index in [1.807, 2.05) is 13.1 Å². The van der Waals surface area contributed by atoms with Gasteiger partial charge < -0.3 is 14.6 Å². The summed E-state index contributed by atoms with van der Waals surface area (Å²) in [5.41, 5.74) is 2.85. The van der Waals surface area contributed by atoms with Gasteiger partial charge in [-0.05, 0) is 49.6 Å². The van der Waals surface area contributed by atoms with Crippen molar-refractivity contribution in [1.29, 1.82) is 0 Å². The van der Waals surface area contributed by atoms with Gasteiger partial charge in [0.1, 0.15) is 5.75 Å². The molecule has 0 spiro atoms. The lowest BCUT2D eigenvalue weighted by Crippen LogP contribution is -2.11. The molecule has 1 aromatic heterocycles. The van der Waals surface area contributed by atoms with E-state index in [0.717, 1.165) is 25.1 Å². The monoisotopic (exact) mass is 273 g/mol. The highest BCUT2D eigenvalue weighted by atomic mass is 16.5. The number of hydrogen-bond donors (Lipinski definition) is 1. The molecule has 1 N–H and O–H groups in total. The third kappa shape index (κ3) is 2.99. The molecule has 1 aromatic carbocycles. The summed E-state index contributed by atoms with van der Waals surface area (Å²) in [6.45, 7) is 1.16. The maximum atomic E-state index is 5.72. The van der Waals surface area contributed by atoms with Crippen molar-refractivity contribution in [3.63, 3.8) is 0 Å². The molecule has 0 atom stereocenters. The summed E-state index contributed by atoms with van der Waals surface area (Å²) in [6, 6.07) is 6.30. The average molecular weight is 273 g/mol. The molecule has 3 rings (SSSR count). The Hall–Kier alpha value is -1.88. The number of hydrogen-bond acceptors (Lipinski definition) is 5. The second-order valence-electron chi connectivity index (χ2n) is 5.03. The summed E-state index contributed by atoms with van der Waals surface area (Å²) < 4.78 is 10.9. The third-order valence-corrected chi connectivity index (χ3v) is 3.54. The Balaban J connectivity index is 1.57. The van der Waals surface area contributed by atoms with Crippen LogP contribution < -0.4 is 10.1 Å². The van der Waals surface area contributed by atoms with Crippen molar-refractivity contribution in [3.8, 4) is 5.75 Å². The Bertz CT molecular complexity index is 580. The second-order valence-corrected chi connectivity index (χ2v) is 5.03.